The lowest BCUT2D eigenvalue weighted by molar-refractivity contribution is -0.134. The van der Waals surface area contributed by atoms with Crippen molar-refractivity contribution in [1.29, 1.82) is 0 Å². The molecule has 0 aliphatic carbocycles. The van der Waals surface area contributed by atoms with Crippen molar-refractivity contribution < 1.29 is 13.2 Å². The van der Waals surface area contributed by atoms with Gasteiger partial charge >= 0.3 is 0 Å². The molecule has 7 heteroatoms. The molecule has 1 amide bonds. The van der Waals surface area contributed by atoms with E-state index >= 15 is 0 Å². The van der Waals surface area contributed by atoms with Crippen LogP contribution < -0.4 is 4.72 Å². The van der Waals surface area contributed by atoms with Crippen LogP contribution >= 0.6 is 0 Å². The fraction of sp³-hybridized carbons (Fsp3) is 0.579. The summed E-state index contributed by atoms with van der Waals surface area (Å²) in [7, 11) is -3.59. The molecule has 0 spiro atoms. The van der Waals surface area contributed by atoms with Gasteiger partial charge in [0.25, 0.3) is 10.0 Å². The van der Waals surface area contributed by atoms with Gasteiger partial charge in [-0.25, -0.2) is 8.42 Å². The molecule has 2 aliphatic heterocycles. The minimum absolute atomic E-state index is 0.00155. The largest absolute Gasteiger partial charge is 0.341 e. The average Bonchev–Trinajstić information content (AvgIpc) is 2.85. The molecule has 3 rings (SSSR count). The predicted octanol–water partition coefficient (Wildman–Crippen LogP) is 2.40. The van der Waals surface area contributed by atoms with Gasteiger partial charge in [-0.3, -0.25) is 14.5 Å². The number of likely N-dealkylation sites (tertiary alicyclic amines) is 1. The van der Waals surface area contributed by atoms with Crippen molar-refractivity contribution in [2.75, 3.05) is 13.1 Å². The average molecular weight is 378 g/mol. The molecular weight excluding hydrogens is 350 g/mol. The summed E-state index contributed by atoms with van der Waals surface area (Å²) in [6, 6.07) is 6.19. The number of hydrogen-bond donors (Lipinski definition) is 1. The van der Waals surface area contributed by atoms with E-state index in [0.717, 1.165) is 25.9 Å². The van der Waals surface area contributed by atoms with Gasteiger partial charge in [0, 0.05) is 18.7 Å². The Morgan fingerprint density at radius 1 is 1.27 bits per heavy atom. The van der Waals surface area contributed by atoms with E-state index in [1.54, 1.807) is 24.3 Å². The maximum atomic E-state index is 13.0. The highest BCUT2D eigenvalue weighted by Gasteiger charge is 2.33. The molecule has 0 aromatic heterocycles. The van der Waals surface area contributed by atoms with Crippen molar-refractivity contribution in [2.45, 2.75) is 51.0 Å². The van der Waals surface area contributed by atoms with E-state index in [9.17, 15) is 13.2 Å². The number of carbonyl (C=O) groups excluding carboxylic acids is 1. The van der Waals surface area contributed by atoms with Crippen LogP contribution in [0.25, 0.3) is 0 Å². The molecule has 1 N–H and O–H groups in total. The van der Waals surface area contributed by atoms with Crippen LogP contribution in [0, 0.1) is 11.8 Å². The fourth-order valence-corrected chi connectivity index (χ4v) is 4.72. The molecule has 1 aromatic rings. The summed E-state index contributed by atoms with van der Waals surface area (Å²) in [4.78, 5) is 19.7. The standard InChI is InChI=1S/C19H27N3O3S/c1-13(2)12-16(19(23)22-10-8-14(3)9-11-22)20-18-15-6-4-5-7-17(15)26(24,25)21-18/h4-7,13-14,16H,8-12H2,1-3H3,(H,20,21). The monoisotopic (exact) mass is 377 g/mol. The van der Waals surface area contributed by atoms with Crippen molar-refractivity contribution in [3.8, 4) is 0 Å². The third kappa shape index (κ3) is 3.92. The number of rotatable bonds is 4. The maximum absolute atomic E-state index is 13.0. The van der Waals surface area contributed by atoms with Crippen molar-refractivity contribution >= 4 is 21.8 Å². The van der Waals surface area contributed by atoms with Crippen LogP contribution in [0.15, 0.2) is 34.2 Å². The first kappa shape index (κ1) is 18.9. The second kappa shape index (κ2) is 7.39. The third-order valence-electron chi connectivity index (χ3n) is 5.02. The molecule has 2 aliphatic rings. The summed E-state index contributed by atoms with van der Waals surface area (Å²) in [6.45, 7) is 7.80. The Bertz CT molecular complexity index is 809. The Morgan fingerprint density at radius 2 is 1.92 bits per heavy atom. The molecule has 6 nitrogen and oxygen atoms in total. The first-order valence-corrected chi connectivity index (χ1v) is 10.7. The Kier molecular flexibility index (Phi) is 5.37. The number of benzene rings is 1. The number of amides is 1. The van der Waals surface area contributed by atoms with Gasteiger partial charge in [0.2, 0.25) is 5.91 Å². The molecular formula is C19H27N3O3S. The molecule has 0 saturated carbocycles. The highest BCUT2D eigenvalue weighted by molar-refractivity contribution is 7.90. The summed E-state index contributed by atoms with van der Waals surface area (Å²) >= 11 is 0. The molecule has 0 radical (unpaired) electrons. The summed E-state index contributed by atoms with van der Waals surface area (Å²) in [5, 5.41) is 0. The lowest BCUT2D eigenvalue weighted by atomic mass is 9.97. The number of aliphatic imine (C=N–C) groups is 1. The van der Waals surface area contributed by atoms with E-state index in [2.05, 4.69) is 16.6 Å². The van der Waals surface area contributed by atoms with Crippen LogP contribution in [-0.4, -0.2) is 44.2 Å². The van der Waals surface area contributed by atoms with E-state index in [1.165, 1.54) is 0 Å². The van der Waals surface area contributed by atoms with Crippen LogP contribution in [0.5, 0.6) is 0 Å². The Labute approximate surface area is 155 Å². The minimum atomic E-state index is -3.59. The number of piperidine rings is 1. The Hall–Kier alpha value is -1.89. The first-order valence-electron chi connectivity index (χ1n) is 9.26. The second-order valence-corrected chi connectivity index (χ2v) is 9.38. The number of fused-ring (bicyclic) bond motifs is 1. The van der Waals surface area contributed by atoms with Crippen LogP contribution in [0.3, 0.4) is 0 Å². The maximum Gasteiger partial charge on any atom is 0.263 e. The minimum Gasteiger partial charge on any atom is -0.341 e. The zero-order chi connectivity index (χ0) is 18.9. The van der Waals surface area contributed by atoms with Crippen LogP contribution in [-0.2, 0) is 14.8 Å². The van der Waals surface area contributed by atoms with Gasteiger partial charge in [0.15, 0.2) is 0 Å². The molecule has 1 fully saturated rings. The summed E-state index contributed by atoms with van der Waals surface area (Å²) in [5.74, 6) is 1.21. The Morgan fingerprint density at radius 3 is 2.58 bits per heavy atom. The normalized spacial score (nSPS) is 22.3. The highest BCUT2D eigenvalue weighted by atomic mass is 32.2. The van der Waals surface area contributed by atoms with Crippen LogP contribution in [0.1, 0.15) is 45.6 Å². The van der Waals surface area contributed by atoms with Crippen LogP contribution in [0.2, 0.25) is 0 Å². The number of hydrogen-bond acceptors (Lipinski definition) is 4. The molecule has 142 valence electrons. The molecule has 1 saturated heterocycles. The van der Waals surface area contributed by atoms with E-state index in [4.69, 9.17) is 0 Å². The zero-order valence-corrected chi connectivity index (χ0v) is 16.4. The highest BCUT2D eigenvalue weighted by Crippen LogP contribution is 2.24. The molecule has 1 aromatic carbocycles. The predicted molar refractivity (Wildman–Crippen MR) is 102 cm³/mol. The lowest BCUT2D eigenvalue weighted by Crippen LogP contribution is -2.44. The lowest BCUT2D eigenvalue weighted by Gasteiger charge is -2.32. The smallest absolute Gasteiger partial charge is 0.263 e. The van der Waals surface area contributed by atoms with Gasteiger partial charge in [0.1, 0.15) is 11.9 Å². The van der Waals surface area contributed by atoms with E-state index < -0.39 is 16.1 Å². The molecule has 1 unspecified atom stereocenters. The second-order valence-electron chi connectivity index (χ2n) is 7.73. The SMILES string of the molecule is CC(C)CC(N=C1NS(=O)(=O)c2ccccc21)C(=O)N1CCC(C)CC1. The fourth-order valence-electron chi connectivity index (χ4n) is 3.48. The molecule has 0 bridgehead atoms. The third-order valence-corrected chi connectivity index (χ3v) is 6.42. The van der Waals surface area contributed by atoms with E-state index in [-0.39, 0.29) is 22.6 Å². The van der Waals surface area contributed by atoms with Gasteiger partial charge in [-0.2, -0.15) is 0 Å². The summed E-state index contributed by atoms with van der Waals surface area (Å²) in [6.07, 6.45) is 2.61. The quantitative estimate of drug-likeness (QED) is 0.875. The molecule has 2 heterocycles. The van der Waals surface area contributed by atoms with Crippen LogP contribution in [0.4, 0.5) is 0 Å². The summed E-state index contributed by atoms with van der Waals surface area (Å²) < 4.78 is 27.1. The molecule has 26 heavy (non-hydrogen) atoms. The van der Waals surface area contributed by atoms with Crippen molar-refractivity contribution in [2.24, 2.45) is 16.8 Å². The van der Waals surface area contributed by atoms with Gasteiger partial charge in [0.05, 0.1) is 4.90 Å². The summed E-state index contributed by atoms with van der Waals surface area (Å²) in [5.41, 5.74) is 0.543. The Balaban J connectivity index is 1.90. The van der Waals surface area contributed by atoms with Crippen molar-refractivity contribution in [3.63, 3.8) is 0 Å². The van der Waals surface area contributed by atoms with E-state index in [0.29, 0.717) is 17.9 Å². The number of carbonyl (C=O) groups is 1. The first-order chi connectivity index (χ1) is 12.3. The van der Waals surface area contributed by atoms with E-state index in [1.807, 2.05) is 18.7 Å². The molecule has 1 atom stereocenters. The van der Waals surface area contributed by atoms with Gasteiger partial charge in [-0.1, -0.05) is 32.9 Å². The number of amidine groups is 1. The number of nitrogens with zero attached hydrogens (tertiary/aromatic N) is 2. The van der Waals surface area contributed by atoms with Gasteiger partial charge in [-0.05, 0) is 43.2 Å². The zero-order valence-electron chi connectivity index (χ0n) is 15.6. The van der Waals surface area contributed by atoms with Gasteiger partial charge in [-0.15, -0.1) is 0 Å². The topological polar surface area (TPSA) is 78.8 Å². The number of sulfonamides is 1. The number of nitrogens with one attached hydrogen (secondary N) is 1. The van der Waals surface area contributed by atoms with Gasteiger partial charge < -0.3 is 4.90 Å². The van der Waals surface area contributed by atoms with Crippen molar-refractivity contribution in [3.05, 3.63) is 29.8 Å². The van der Waals surface area contributed by atoms with Crippen molar-refractivity contribution in [1.82, 2.24) is 9.62 Å².